The number of H-pyrrole nitrogens is 1. The summed E-state index contributed by atoms with van der Waals surface area (Å²) in [4.78, 5) is 5.76. The second-order valence-electron chi connectivity index (χ2n) is 7.74. The van der Waals surface area contributed by atoms with E-state index in [2.05, 4.69) is 22.0 Å². The number of aromatic nitrogens is 1. The van der Waals surface area contributed by atoms with Gasteiger partial charge in [-0.3, -0.25) is 0 Å². The summed E-state index contributed by atoms with van der Waals surface area (Å²) in [5, 5.41) is 1.00. The lowest BCUT2D eigenvalue weighted by Crippen LogP contribution is -2.34. The van der Waals surface area contributed by atoms with Gasteiger partial charge in [-0.05, 0) is 68.1 Å². The van der Waals surface area contributed by atoms with Crippen molar-refractivity contribution in [2.24, 2.45) is 0 Å². The number of halogens is 1. The number of fused-ring (bicyclic) bond motifs is 2. The van der Waals surface area contributed by atoms with Crippen LogP contribution in [-0.2, 0) is 6.42 Å². The number of likely N-dealkylation sites (tertiary alicyclic amines) is 1. The molecule has 3 aromatic rings. The van der Waals surface area contributed by atoms with Gasteiger partial charge >= 0.3 is 0 Å². The fourth-order valence-corrected chi connectivity index (χ4v) is 4.52. The number of ether oxygens (including phenoxy) is 2. The number of hydrogen-bond donors (Lipinski definition) is 1. The van der Waals surface area contributed by atoms with Crippen LogP contribution in [0.3, 0.4) is 0 Å². The molecule has 5 heteroatoms. The first-order valence-corrected chi connectivity index (χ1v) is 10.1. The number of piperidine rings is 1. The lowest BCUT2D eigenvalue weighted by molar-refractivity contribution is 0.165. The molecule has 1 fully saturated rings. The van der Waals surface area contributed by atoms with Crippen molar-refractivity contribution >= 4 is 10.9 Å². The fraction of sp³-hybridized carbons (Fsp3) is 0.391. The largest absolute Gasteiger partial charge is 0.486 e. The highest BCUT2D eigenvalue weighted by atomic mass is 19.1. The molecule has 2 aliphatic rings. The zero-order valence-electron chi connectivity index (χ0n) is 15.9. The molecule has 4 nitrogen and oxygen atoms in total. The van der Waals surface area contributed by atoms with Gasteiger partial charge in [0.05, 0.1) is 0 Å². The maximum absolute atomic E-state index is 13.6. The monoisotopic (exact) mass is 380 g/mol. The van der Waals surface area contributed by atoms with Crippen molar-refractivity contribution in [3.05, 3.63) is 59.5 Å². The first-order chi connectivity index (χ1) is 13.8. The van der Waals surface area contributed by atoms with E-state index < -0.39 is 0 Å². The van der Waals surface area contributed by atoms with Gasteiger partial charge in [0.2, 0.25) is 0 Å². The summed E-state index contributed by atoms with van der Waals surface area (Å²) in [5.41, 5.74) is 3.49. The van der Waals surface area contributed by atoms with Crippen molar-refractivity contribution < 1.29 is 13.9 Å². The lowest BCUT2D eigenvalue weighted by atomic mass is 9.88. The molecule has 0 aliphatic carbocycles. The Kier molecular flexibility index (Phi) is 4.69. The minimum atomic E-state index is -0.174. The Labute approximate surface area is 164 Å². The summed E-state index contributed by atoms with van der Waals surface area (Å²) in [6.07, 6.45) is 5.21. The van der Waals surface area contributed by atoms with Crippen LogP contribution in [0.2, 0.25) is 0 Å². The second kappa shape index (κ2) is 7.47. The van der Waals surface area contributed by atoms with E-state index in [1.807, 2.05) is 18.3 Å². The van der Waals surface area contributed by atoms with Crippen molar-refractivity contribution in [1.29, 1.82) is 0 Å². The van der Waals surface area contributed by atoms with Gasteiger partial charge in [-0.25, -0.2) is 4.39 Å². The Hall–Kier alpha value is -2.53. The number of nitrogens with zero attached hydrogens (tertiary/aromatic N) is 1. The zero-order chi connectivity index (χ0) is 18.9. The van der Waals surface area contributed by atoms with Crippen LogP contribution in [0.15, 0.2) is 42.6 Å². The molecule has 0 bridgehead atoms. The quantitative estimate of drug-likeness (QED) is 0.724. The average Bonchev–Trinajstić information content (AvgIpc) is 3.14. The van der Waals surface area contributed by atoms with Crippen LogP contribution in [0.1, 0.15) is 29.9 Å². The molecule has 2 aliphatic heterocycles. The maximum Gasteiger partial charge on any atom is 0.164 e. The predicted molar refractivity (Wildman–Crippen MR) is 108 cm³/mol. The van der Waals surface area contributed by atoms with E-state index in [1.54, 1.807) is 6.07 Å². The van der Waals surface area contributed by atoms with Crippen molar-refractivity contribution in [2.45, 2.75) is 25.2 Å². The summed E-state index contributed by atoms with van der Waals surface area (Å²) in [7, 11) is 0. The average molecular weight is 380 g/mol. The molecule has 5 rings (SSSR count). The van der Waals surface area contributed by atoms with E-state index in [0.717, 1.165) is 61.3 Å². The molecule has 0 amide bonds. The standard InChI is InChI=1S/C23H25FN2O2/c24-18-4-5-21-20(14-18)17(15-25-21)8-11-26-9-6-16(7-10-26)19-2-1-3-22-23(19)28-13-12-27-22/h1-5,14-16,25H,6-13H2. The van der Waals surface area contributed by atoms with Crippen LogP contribution in [0, 0.1) is 5.82 Å². The smallest absolute Gasteiger partial charge is 0.164 e. The van der Waals surface area contributed by atoms with Gasteiger partial charge in [-0.15, -0.1) is 0 Å². The van der Waals surface area contributed by atoms with Gasteiger partial charge in [0.25, 0.3) is 0 Å². The Morgan fingerprint density at radius 3 is 2.82 bits per heavy atom. The predicted octanol–water partition coefficient (Wildman–Crippen LogP) is 4.50. The fourth-order valence-electron chi connectivity index (χ4n) is 4.52. The van der Waals surface area contributed by atoms with Crippen LogP contribution in [-0.4, -0.2) is 42.7 Å². The van der Waals surface area contributed by atoms with Crippen molar-refractivity contribution in [3.63, 3.8) is 0 Å². The molecule has 1 saturated heterocycles. The SMILES string of the molecule is Fc1ccc2[nH]cc(CCN3CCC(c4cccc5c4OCCO5)CC3)c2c1. The van der Waals surface area contributed by atoms with Crippen LogP contribution >= 0.6 is 0 Å². The van der Waals surface area contributed by atoms with E-state index in [-0.39, 0.29) is 5.82 Å². The second-order valence-corrected chi connectivity index (χ2v) is 7.74. The molecule has 0 spiro atoms. The molecule has 1 aromatic heterocycles. The number of rotatable bonds is 4. The first kappa shape index (κ1) is 17.6. The molecule has 0 atom stereocenters. The first-order valence-electron chi connectivity index (χ1n) is 10.1. The van der Waals surface area contributed by atoms with E-state index in [0.29, 0.717) is 19.1 Å². The summed E-state index contributed by atoms with van der Waals surface area (Å²) < 4.78 is 25.2. The molecule has 3 heterocycles. The minimum absolute atomic E-state index is 0.174. The number of nitrogens with one attached hydrogen (secondary N) is 1. The number of benzene rings is 2. The molecule has 0 saturated carbocycles. The highest BCUT2D eigenvalue weighted by Gasteiger charge is 2.26. The van der Waals surface area contributed by atoms with Gasteiger partial charge in [0, 0.05) is 29.2 Å². The number of para-hydroxylation sites is 1. The van der Waals surface area contributed by atoms with Crippen LogP contribution < -0.4 is 9.47 Å². The Morgan fingerprint density at radius 2 is 1.93 bits per heavy atom. The highest BCUT2D eigenvalue weighted by Crippen LogP contribution is 2.41. The number of aromatic amines is 1. The van der Waals surface area contributed by atoms with Crippen LogP contribution in [0.25, 0.3) is 10.9 Å². The molecule has 2 aromatic carbocycles. The maximum atomic E-state index is 13.6. The third-order valence-electron chi connectivity index (χ3n) is 6.05. The Morgan fingerprint density at radius 1 is 1.07 bits per heavy atom. The summed E-state index contributed by atoms with van der Waals surface area (Å²) in [6.45, 7) is 4.42. The summed E-state index contributed by atoms with van der Waals surface area (Å²) >= 11 is 0. The van der Waals surface area contributed by atoms with Gasteiger partial charge in [0.15, 0.2) is 11.5 Å². The Balaban J connectivity index is 1.21. The number of hydrogen-bond acceptors (Lipinski definition) is 3. The normalized spacial score (nSPS) is 17.9. The summed E-state index contributed by atoms with van der Waals surface area (Å²) in [5.74, 6) is 2.19. The van der Waals surface area contributed by atoms with Crippen molar-refractivity contribution in [1.82, 2.24) is 9.88 Å². The minimum Gasteiger partial charge on any atom is -0.486 e. The van der Waals surface area contributed by atoms with E-state index in [1.165, 1.54) is 17.2 Å². The molecular weight excluding hydrogens is 355 g/mol. The molecule has 0 unspecified atom stereocenters. The van der Waals surface area contributed by atoms with Gasteiger partial charge in [-0.2, -0.15) is 0 Å². The van der Waals surface area contributed by atoms with Crippen molar-refractivity contribution in [2.75, 3.05) is 32.8 Å². The van der Waals surface area contributed by atoms with Gasteiger partial charge < -0.3 is 19.4 Å². The van der Waals surface area contributed by atoms with Crippen LogP contribution in [0.4, 0.5) is 4.39 Å². The highest BCUT2D eigenvalue weighted by molar-refractivity contribution is 5.83. The van der Waals surface area contributed by atoms with Gasteiger partial charge in [0.1, 0.15) is 19.0 Å². The zero-order valence-corrected chi connectivity index (χ0v) is 15.9. The lowest BCUT2D eigenvalue weighted by Gasteiger charge is -2.33. The van der Waals surface area contributed by atoms with E-state index in [4.69, 9.17) is 9.47 Å². The van der Waals surface area contributed by atoms with Crippen LogP contribution in [0.5, 0.6) is 11.5 Å². The van der Waals surface area contributed by atoms with E-state index in [9.17, 15) is 4.39 Å². The molecule has 146 valence electrons. The Bertz CT molecular complexity index is 976. The molecule has 0 radical (unpaired) electrons. The summed E-state index contributed by atoms with van der Waals surface area (Å²) in [6, 6.07) is 11.2. The van der Waals surface area contributed by atoms with Crippen molar-refractivity contribution in [3.8, 4) is 11.5 Å². The molecule has 28 heavy (non-hydrogen) atoms. The molecule has 1 N–H and O–H groups in total. The third kappa shape index (κ3) is 3.35. The van der Waals surface area contributed by atoms with E-state index >= 15 is 0 Å². The third-order valence-corrected chi connectivity index (χ3v) is 6.05. The topological polar surface area (TPSA) is 37.5 Å². The molecular formula is C23H25FN2O2. The van der Waals surface area contributed by atoms with Gasteiger partial charge in [-0.1, -0.05) is 12.1 Å².